The molecule has 0 aromatic heterocycles. The molecule has 0 aliphatic heterocycles. The Bertz CT molecular complexity index is 374. The number of hydrogen-bond donors (Lipinski definition) is 1. The Morgan fingerprint density at radius 3 is 2.47 bits per heavy atom. The van der Waals surface area contributed by atoms with Crippen molar-refractivity contribution in [2.45, 2.75) is 6.43 Å². The molecule has 82 valence electrons. The maximum absolute atomic E-state index is 13.1. The van der Waals surface area contributed by atoms with E-state index in [4.69, 9.17) is 5.73 Å². The third-order valence-electron chi connectivity index (χ3n) is 1.76. The first-order chi connectivity index (χ1) is 7.06. The van der Waals surface area contributed by atoms with Gasteiger partial charge in [-0.3, -0.25) is 0 Å². The van der Waals surface area contributed by atoms with Gasteiger partial charge in [0.1, 0.15) is 0 Å². The Morgan fingerprint density at radius 2 is 1.93 bits per heavy atom. The summed E-state index contributed by atoms with van der Waals surface area (Å²) in [6.07, 6.45) is -0.303. The van der Waals surface area contributed by atoms with Gasteiger partial charge in [0.25, 0.3) is 6.43 Å². The highest BCUT2D eigenvalue weighted by molar-refractivity contribution is 5.51. The molecule has 0 saturated heterocycles. The van der Waals surface area contributed by atoms with E-state index in [0.717, 1.165) is 6.07 Å². The second-order valence-corrected chi connectivity index (χ2v) is 2.84. The quantitative estimate of drug-likeness (QED) is 0.777. The van der Waals surface area contributed by atoms with Crippen molar-refractivity contribution in [2.75, 3.05) is 6.54 Å². The normalized spacial score (nSPS) is 11.6. The molecular weight excluding hydrogens is 210 g/mol. The van der Waals surface area contributed by atoms with Crippen molar-refractivity contribution in [1.29, 1.82) is 0 Å². The van der Waals surface area contributed by atoms with E-state index in [1.54, 1.807) is 0 Å². The van der Waals surface area contributed by atoms with Gasteiger partial charge in [0.05, 0.1) is 0 Å². The van der Waals surface area contributed by atoms with Crippen molar-refractivity contribution in [1.82, 2.24) is 0 Å². The van der Waals surface area contributed by atoms with Crippen LogP contribution in [0.3, 0.4) is 0 Å². The van der Waals surface area contributed by atoms with Crippen molar-refractivity contribution < 1.29 is 17.6 Å². The van der Waals surface area contributed by atoms with Crippen LogP contribution in [0, 0.1) is 11.6 Å². The first-order valence-electron chi connectivity index (χ1n) is 4.20. The van der Waals surface area contributed by atoms with Crippen molar-refractivity contribution in [2.24, 2.45) is 5.73 Å². The fraction of sp³-hybridized carbons (Fsp3) is 0.200. The Hall–Kier alpha value is -1.36. The summed E-state index contributed by atoms with van der Waals surface area (Å²) in [6.45, 7) is 0.125. The second-order valence-electron chi connectivity index (χ2n) is 2.84. The van der Waals surface area contributed by atoms with Crippen molar-refractivity contribution >= 4 is 6.08 Å². The molecule has 0 bridgehead atoms. The predicted molar refractivity (Wildman–Crippen MR) is 49.4 cm³/mol. The number of nitrogens with two attached hydrogens (primary N) is 1. The van der Waals surface area contributed by atoms with Gasteiger partial charge in [-0.05, 0) is 12.1 Å². The fourth-order valence-corrected chi connectivity index (χ4v) is 1.07. The zero-order valence-corrected chi connectivity index (χ0v) is 7.68. The molecule has 0 fully saturated rings. The highest BCUT2D eigenvalue weighted by atomic mass is 19.3. The highest BCUT2D eigenvalue weighted by Crippen LogP contribution is 2.24. The second kappa shape index (κ2) is 4.93. The first kappa shape index (κ1) is 11.7. The number of alkyl halides is 2. The maximum atomic E-state index is 13.1. The predicted octanol–water partition coefficient (Wildman–Crippen LogP) is 2.87. The van der Waals surface area contributed by atoms with E-state index in [9.17, 15) is 17.6 Å². The largest absolute Gasteiger partial charge is 0.327 e. The monoisotopic (exact) mass is 219 g/mol. The SMILES string of the molecule is NC/C=C/c1cc(C(F)F)cc(F)c1F. The summed E-state index contributed by atoms with van der Waals surface area (Å²) in [5.41, 5.74) is 4.33. The lowest BCUT2D eigenvalue weighted by molar-refractivity contribution is 0.150. The van der Waals surface area contributed by atoms with E-state index in [1.165, 1.54) is 12.2 Å². The van der Waals surface area contributed by atoms with E-state index in [-0.39, 0.29) is 12.1 Å². The van der Waals surface area contributed by atoms with E-state index in [2.05, 4.69) is 0 Å². The van der Waals surface area contributed by atoms with Crippen LogP contribution in [-0.2, 0) is 0 Å². The minimum Gasteiger partial charge on any atom is -0.327 e. The molecular formula is C10H9F4N. The first-order valence-corrected chi connectivity index (χ1v) is 4.20. The number of hydrogen-bond acceptors (Lipinski definition) is 1. The number of benzene rings is 1. The summed E-state index contributed by atoms with van der Waals surface area (Å²) >= 11 is 0. The van der Waals surface area contributed by atoms with Gasteiger partial charge >= 0.3 is 0 Å². The minimum absolute atomic E-state index is 0.125. The Balaban J connectivity index is 3.19. The van der Waals surface area contributed by atoms with Gasteiger partial charge in [-0.15, -0.1) is 0 Å². The number of rotatable bonds is 3. The van der Waals surface area contributed by atoms with Crippen LogP contribution in [0.1, 0.15) is 17.6 Å². The summed E-state index contributed by atoms with van der Waals surface area (Å²) < 4.78 is 50.4. The maximum Gasteiger partial charge on any atom is 0.263 e. The Kier molecular flexibility index (Phi) is 3.85. The average molecular weight is 219 g/mol. The Morgan fingerprint density at radius 1 is 1.27 bits per heavy atom. The summed E-state index contributed by atoms with van der Waals surface area (Å²) in [6, 6.07) is 1.38. The van der Waals surface area contributed by atoms with Gasteiger partial charge in [-0.1, -0.05) is 12.2 Å². The lowest BCUT2D eigenvalue weighted by Crippen LogP contribution is -1.96. The van der Waals surface area contributed by atoms with Crippen LogP contribution in [0.4, 0.5) is 17.6 Å². The molecule has 2 N–H and O–H groups in total. The standard InChI is InChI=1S/C10H9F4N/c11-8-5-7(10(13)14)4-6(9(8)12)2-1-3-15/h1-2,4-5,10H,3,15H2/b2-1+. The van der Waals surface area contributed by atoms with Crippen molar-refractivity contribution in [3.05, 3.63) is 41.0 Å². The van der Waals surface area contributed by atoms with E-state index >= 15 is 0 Å². The van der Waals surface area contributed by atoms with Crippen LogP contribution in [0.2, 0.25) is 0 Å². The van der Waals surface area contributed by atoms with E-state index < -0.39 is 23.6 Å². The number of halogens is 4. The van der Waals surface area contributed by atoms with Crippen LogP contribution in [0.15, 0.2) is 18.2 Å². The van der Waals surface area contributed by atoms with Gasteiger partial charge in [-0.2, -0.15) is 0 Å². The molecule has 0 heterocycles. The molecule has 0 unspecified atom stereocenters. The highest BCUT2D eigenvalue weighted by Gasteiger charge is 2.14. The molecule has 0 spiro atoms. The summed E-state index contributed by atoms with van der Waals surface area (Å²) in [4.78, 5) is 0. The van der Waals surface area contributed by atoms with Crippen LogP contribution < -0.4 is 5.73 Å². The molecule has 5 heteroatoms. The minimum atomic E-state index is -2.83. The van der Waals surface area contributed by atoms with Gasteiger partial charge < -0.3 is 5.73 Å². The molecule has 0 radical (unpaired) electrons. The van der Waals surface area contributed by atoms with Gasteiger partial charge in [0.2, 0.25) is 0 Å². The van der Waals surface area contributed by atoms with Gasteiger partial charge in [0.15, 0.2) is 11.6 Å². The van der Waals surface area contributed by atoms with Gasteiger partial charge in [0, 0.05) is 17.7 Å². The van der Waals surface area contributed by atoms with Crippen LogP contribution >= 0.6 is 0 Å². The van der Waals surface area contributed by atoms with Crippen LogP contribution in [-0.4, -0.2) is 6.54 Å². The molecule has 0 aliphatic carbocycles. The lowest BCUT2D eigenvalue weighted by atomic mass is 10.1. The van der Waals surface area contributed by atoms with Crippen molar-refractivity contribution in [3.8, 4) is 0 Å². The molecule has 0 atom stereocenters. The molecule has 0 aliphatic rings. The van der Waals surface area contributed by atoms with E-state index in [1.807, 2.05) is 0 Å². The summed E-state index contributed by atoms with van der Waals surface area (Å²) in [5, 5.41) is 0. The zero-order valence-electron chi connectivity index (χ0n) is 7.68. The zero-order chi connectivity index (χ0) is 11.4. The van der Waals surface area contributed by atoms with Crippen LogP contribution in [0.25, 0.3) is 6.08 Å². The molecule has 1 rings (SSSR count). The summed E-state index contributed by atoms with van der Waals surface area (Å²) in [7, 11) is 0. The smallest absolute Gasteiger partial charge is 0.263 e. The molecule has 0 amide bonds. The molecule has 1 aromatic rings. The third-order valence-corrected chi connectivity index (χ3v) is 1.76. The molecule has 1 aromatic carbocycles. The van der Waals surface area contributed by atoms with E-state index in [0.29, 0.717) is 6.07 Å². The van der Waals surface area contributed by atoms with Crippen molar-refractivity contribution in [3.63, 3.8) is 0 Å². The third kappa shape index (κ3) is 2.79. The fourth-order valence-electron chi connectivity index (χ4n) is 1.07. The topological polar surface area (TPSA) is 26.0 Å². The summed E-state index contributed by atoms with van der Waals surface area (Å²) in [5.74, 6) is -2.44. The average Bonchev–Trinajstić information content (AvgIpc) is 2.19. The lowest BCUT2D eigenvalue weighted by Gasteiger charge is -2.04. The Labute approximate surface area is 84.2 Å². The van der Waals surface area contributed by atoms with Crippen LogP contribution in [0.5, 0.6) is 0 Å². The molecule has 15 heavy (non-hydrogen) atoms. The molecule has 0 saturated carbocycles. The van der Waals surface area contributed by atoms with Gasteiger partial charge in [-0.25, -0.2) is 17.6 Å². The molecule has 1 nitrogen and oxygen atoms in total.